The zero-order chi connectivity index (χ0) is 11.7. The molecule has 0 amide bonds. The average Bonchev–Trinajstić information content (AvgIpc) is 2.96. The largest absolute Gasteiger partial charge is 0.497 e. The molecule has 4 heteroatoms. The molecule has 0 atom stereocenters. The summed E-state index contributed by atoms with van der Waals surface area (Å²) in [6, 6.07) is 6.65. The van der Waals surface area contributed by atoms with Crippen LogP contribution < -0.4 is 10.1 Å². The molecule has 1 aromatic carbocycles. The zero-order valence-corrected chi connectivity index (χ0v) is 10.7. The van der Waals surface area contributed by atoms with Crippen molar-refractivity contribution >= 4 is 26.7 Å². The quantitative estimate of drug-likeness (QED) is 0.900. The number of fused-ring (bicyclic) bond motifs is 1. The summed E-state index contributed by atoms with van der Waals surface area (Å²) in [6.45, 7) is 0. The number of aromatic nitrogens is 1. The van der Waals surface area contributed by atoms with E-state index in [1.54, 1.807) is 18.4 Å². The summed E-state index contributed by atoms with van der Waals surface area (Å²) >= 11 is 1.71. The predicted octanol–water partition coefficient (Wildman–Crippen LogP) is 3.66. The number of rotatable bonds is 3. The third-order valence-corrected chi connectivity index (χ3v) is 4.23. The number of ether oxygens (including phenoxy) is 1. The van der Waals surface area contributed by atoms with Crippen molar-refractivity contribution in [2.75, 3.05) is 12.4 Å². The SMILES string of the molecule is COc1ccc2nc(NC3CCCC3)sc2c1. The van der Waals surface area contributed by atoms with Gasteiger partial charge in [-0.2, -0.15) is 0 Å². The number of anilines is 1. The summed E-state index contributed by atoms with van der Waals surface area (Å²) in [5.41, 5.74) is 1.05. The molecule has 3 rings (SSSR count). The van der Waals surface area contributed by atoms with Crippen molar-refractivity contribution in [3.63, 3.8) is 0 Å². The normalized spacial score (nSPS) is 16.5. The van der Waals surface area contributed by atoms with Gasteiger partial charge in [-0.25, -0.2) is 4.98 Å². The molecule has 3 nitrogen and oxygen atoms in total. The van der Waals surface area contributed by atoms with E-state index in [2.05, 4.69) is 10.3 Å². The van der Waals surface area contributed by atoms with Crippen molar-refractivity contribution in [2.45, 2.75) is 31.7 Å². The van der Waals surface area contributed by atoms with Crippen molar-refractivity contribution in [3.8, 4) is 5.75 Å². The number of nitrogens with one attached hydrogen (secondary N) is 1. The van der Waals surface area contributed by atoms with Gasteiger partial charge in [-0.05, 0) is 31.0 Å². The Balaban J connectivity index is 1.85. The number of thiazole rings is 1. The molecule has 1 aliphatic rings. The number of hydrogen-bond donors (Lipinski definition) is 1. The number of benzene rings is 1. The second-order valence-electron chi connectivity index (χ2n) is 4.48. The fraction of sp³-hybridized carbons (Fsp3) is 0.462. The Bertz CT molecular complexity index is 517. The van der Waals surface area contributed by atoms with Gasteiger partial charge in [0, 0.05) is 6.04 Å². The maximum atomic E-state index is 5.22. The van der Waals surface area contributed by atoms with E-state index in [1.807, 2.05) is 18.2 Å². The third kappa shape index (κ3) is 2.22. The van der Waals surface area contributed by atoms with Gasteiger partial charge in [0.15, 0.2) is 5.13 Å². The molecule has 1 heterocycles. The Kier molecular flexibility index (Phi) is 2.89. The highest BCUT2D eigenvalue weighted by Gasteiger charge is 2.16. The van der Waals surface area contributed by atoms with Crippen LogP contribution in [0.25, 0.3) is 10.2 Å². The fourth-order valence-corrected chi connectivity index (χ4v) is 3.31. The van der Waals surface area contributed by atoms with Crippen molar-refractivity contribution < 1.29 is 4.74 Å². The molecular weight excluding hydrogens is 232 g/mol. The molecule has 1 N–H and O–H groups in total. The molecule has 90 valence electrons. The molecule has 1 saturated carbocycles. The van der Waals surface area contributed by atoms with Crippen LogP contribution in [0.1, 0.15) is 25.7 Å². The Labute approximate surface area is 105 Å². The Morgan fingerprint density at radius 1 is 1.35 bits per heavy atom. The zero-order valence-electron chi connectivity index (χ0n) is 9.90. The summed E-state index contributed by atoms with van der Waals surface area (Å²) in [4.78, 5) is 4.60. The third-order valence-electron chi connectivity index (χ3n) is 3.28. The predicted molar refractivity (Wildman–Crippen MR) is 72.1 cm³/mol. The van der Waals surface area contributed by atoms with E-state index >= 15 is 0 Å². The maximum Gasteiger partial charge on any atom is 0.184 e. The van der Waals surface area contributed by atoms with Crippen molar-refractivity contribution in [1.29, 1.82) is 0 Å². The fourth-order valence-electron chi connectivity index (χ4n) is 2.34. The summed E-state index contributed by atoms with van der Waals surface area (Å²) in [5.74, 6) is 0.897. The molecular formula is C13H16N2OS. The lowest BCUT2D eigenvalue weighted by Gasteiger charge is -2.09. The molecule has 0 radical (unpaired) electrons. The molecule has 0 aliphatic heterocycles. The highest BCUT2D eigenvalue weighted by Crippen LogP contribution is 2.31. The van der Waals surface area contributed by atoms with Gasteiger partial charge in [0.1, 0.15) is 5.75 Å². The first kappa shape index (κ1) is 10.8. The lowest BCUT2D eigenvalue weighted by atomic mass is 10.3. The Morgan fingerprint density at radius 3 is 2.94 bits per heavy atom. The van der Waals surface area contributed by atoms with E-state index in [0.717, 1.165) is 16.4 Å². The molecule has 17 heavy (non-hydrogen) atoms. The summed E-state index contributed by atoms with van der Waals surface area (Å²) in [7, 11) is 1.69. The van der Waals surface area contributed by atoms with Gasteiger partial charge in [0.05, 0.1) is 17.3 Å². The van der Waals surface area contributed by atoms with E-state index in [1.165, 1.54) is 30.4 Å². The molecule has 0 bridgehead atoms. The van der Waals surface area contributed by atoms with Gasteiger partial charge in [-0.1, -0.05) is 24.2 Å². The second kappa shape index (κ2) is 4.53. The standard InChI is InChI=1S/C13H16N2OS/c1-16-10-6-7-11-12(8-10)17-13(15-11)14-9-4-2-3-5-9/h6-9H,2-5H2,1H3,(H,14,15). The Hall–Kier alpha value is -1.29. The summed E-state index contributed by atoms with van der Waals surface area (Å²) < 4.78 is 6.41. The lowest BCUT2D eigenvalue weighted by molar-refractivity contribution is 0.415. The monoisotopic (exact) mass is 248 g/mol. The van der Waals surface area contributed by atoms with Crippen LogP contribution in [0.5, 0.6) is 5.75 Å². The maximum absolute atomic E-state index is 5.22. The van der Waals surface area contributed by atoms with Gasteiger partial charge in [0.25, 0.3) is 0 Å². The average molecular weight is 248 g/mol. The molecule has 0 unspecified atom stereocenters. The van der Waals surface area contributed by atoms with E-state index in [9.17, 15) is 0 Å². The van der Waals surface area contributed by atoms with Gasteiger partial charge in [-0.3, -0.25) is 0 Å². The first-order valence-electron chi connectivity index (χ1n) is 6.06. The van der Waals surface area contributed by atoms with Crippen LogP contribution >= 0.6 is 11.3 Å². The lowest BCUT2D eigenvalue weighted by Crippen LogP contribution is -2.13. The van der Waals surface area contributed by atoms with Crippen LogP contribution in [-0.2, 0) is 0 Å². The molecule has 1 fully saturated rings. The minimum Gasteiger partial charge on any atom is -0.497 e. The number of hydrogen-bond acceptors (Lipinski definition) is 4. The van der Waals surface area contributed by atoms with Crippen LogP contribution in [0, 0.1) is 0 Å². The summed E-state index contributed by atoms with van der Waals surface area (Å²) in [6.07, 6.45) is 5.24. The van der Waals surface area contributed by atoms with Gasteiger partial charge >= 0.3 is 0 Å². The van der Waals surface area contributed by atoms with Crippen molar-refractivity contribution in [1.82, 2.24) is 4.98 Å². The number of nitrogens with zero attached hydrogens (tertiary/aromatic N) is 1. The van der Waals surface area contributed by atoms with E-state index in [4.69, 9.17) is 4.74 Å². The van der Waals surface area contributed by atoms with Gasteiger partial charge in [-0.15, -0.1) is 0 Å². The minimum absolute atomic E-state index is 0.623. The first-order chi connectivity index (χ1) is 8.35. The number of methoxy groups -OCH3 is 1. The van der Waals surface area contributed by atoms with Crippen LogP contribution in [0.2, 0.25) is 0 Å². The van der Waals surface area contributed by atoms with Crippen molar-refractivity contribution in [2.24, 2.45) is 0 Å². The molecule has 0 spiro atoms. The molecule has 1 aromatic heterocycles. The van der Waals surface area contributed by atoms with E-state index in [0.29, 0.717) is 6.04 Å². The molecule has 1 aliphatic carbocycles. The molecule has 2 aromatic rings. The summed E-state index contributed by atoms with van der Waals surface area (Å²) in [5, 5.41) is 4.58. The van der Waals surface area contributed by atoms with Crippen LogP contribution in [0.3, 0.4) is 0 Å². The highest BCUT2D eigenvalue weighted by molar-refractivity contribution is 7.22. The second-order valence-corrected chi connectivity index (χ2v) is 5.51. The van der Waals surface area contributed by atoms with Gasteiger partial charge in [0.2, 0.25) is 0 Å². The van der Waals surface area contributed by atoms with Crippen LogP contribution in [0.15, 0.2) is 18.2 Å². The van der Waals surface area contributed by atoms with Crippen LogP contribution in [-0.4, -0.2) is 18.1 Å². The topological polar surface area (TPSA) is 34.1 Å². The Morgan fingerprint density at radius 2 is 2.18 bits per heavy atom. The smallest absolute Gasteiger partial charge is 0.184 e. The van der Waals surface area contributed by atoms with E-state index < -0.39 is 0 Å². The first-order valence-corrected chi connectivity index (χ1v) is 6.88. The minimum atomic E-state index is 0.623. The molecule has 0 saturated heterocycles. The highest BCUT2D eigenvalue weighted by atomic mass is 32.1. The van der Waals surface area contributed by atoms with E-state index in [-0.39, 0.29) is 0 Å². The van der Waals surface area contributed by atoms with Gasteiger partial charge < -0.3 is 10.1 Å². The van der Waals surface area contributed by atoms with Crippen LogP contribution in [0.4, 0.5) is 5.13 Å². The van der Waals surface area contributed by atoms with Crippen molar-refractivity contribution in [3.05, 3.63) is 18.2 Å².